The molecule has 0 aromatic carbocycles. The molecule has 70 valence electrons. The molecule has 0 aromatic rings. The van der Waals surface area contributed by atoms with Gasteiger partial charge < -0.3 is 15.4 Å². The van der Waals surface area contributed by atoms with Crippen molar-refractivity contribution in [1.82, 2.24) is 4.90 Å². The minimum absolute atomic E-state index is 0.318. The lowest BCUT2D eigenvalue weighted by Crippen LogP contribution is -2.42. The number of hydrogen-bond acceptors (Lipinski definition) is 4. The maximum absolute atomic E-state index is 10.9. The molecule has 0 radical (unpaired) electrons. The molecule has 2 N–H and O–H groups in total. The van der Waals surface area contributed by atoms with Crippen LogP contribution in [-0.2, 0) is 9.53 Å². The summed E-state index contributed by atoms with van der Waals surface area (Å²) in [6.07, 6.45) is 2.43. The second kappa shape index (κ2) is 4.42. The maximum Gasteiger partial charge on any atom is 0.323 e. The maximum atomic E-state index is 10.9. The lowest BCUT2D eigenvalue weighted by molar-refractivity contribution is -0.142. The van der Waals surface area contributed by atoms with Crippen LogP contribution in [0.2, 0.25) is 0 Å². The highest BCUT2D eigenvalue weighted by molar-refractivity contribution is 5.75. The van der Waals surface area contributed by atoms with E-state index in [0.29, 0.717) is 6.54 Å². The molecule has 0 spiro atoms. The summed E-state index contributed by atoms with van der Waals surface area (Å²) >= 11 is 0. The fourth-order valence-electron chi connectivity index (χ4n) is 1.47. The van der Waals surface area contributed by atoms with Crippen LogP contribution in [0.5, 0.6) is 0 Å². The Morgan fingerprint density at radius 3 is 2.67 bits per heavy atom. The van der Waals surface area contributed by atoms with Gasteiger partial charge in [0.15, 0.2) is 0 Å². The van der Waals surface area contributed by atoms with Crippen molar-refractivity contribution in [1.29, 1.82) is 0 Å². The average molecular weight is 172 g/mol. The summed E-state index contributed by atoms with van der Waals surface area (Å²) in [5.41, 5.74) is 5.59. The van der Waals surface area contributed by atoms with Gasteiger partial charge >= 0.3 is 5.97 Å². The normalized spacial score (nSPS) is 20.8. The zero-order valence-electron chi connectivity index (χ0n) is 7.45. The van der Waals surface area contributed by atoms with Crippen molar-refractivity contribution < 1.29 is 9.53 Å². The molecule has 0 aromatic heterocycles. The number of nitrogens with two attached hydrogens (primary N) is 1. The molecule has 0 bridgehead atoms. The van der Waals surface area contributed by atoms with E-state index in [2.05, 4.69) is 9.64 Å². The van der Waals surface area contributed by atoms with Gasteiger partial charge in [-0.1, -0.05) is 0 Å². The number of esters is 1. The quantitative estimate of drug-likeness (QED) is 0.588. The molecule has 0 saturated carbocycles. The number of hydrogen-bond donors (Lipinski definition) is 1. The SMILES string of the molecule is COC(=O)C(N)CN1CCCC1. The van der Waals surface area contributed by atoms with Crippen molar-refractivity contribution in [3.05, 3.63) is 0 Å². The molecular weight excluding hydrogens is 156 g/mol. The largest absolute Gasteiger partial charge is 0.468 e. The first-order valence-corrected chi connectivity index (χ1v) is 4.30. The van der Waals surface area contributed by atoms with E-state index in [1.54, 1.807) is 0 Å². The van der Waals surface area contributed by atoms with E-state index < -0.39 is 6.04 Å². The average Bonchev–Trinajstić information content (AvgIpc) is 2.55. The van der Waals surface area contributed by atoms with Gasteiger partial charge in [0.2, 0.25) is 0 Å². The Kier molecular flexibility index (Phi) is 3.49. The molecule has 1 aliphatic heterocycles. The summed E-state index contributed by atoms with van der Waals surface area (Å²) < 4.78 is 4.53. The van der Waals surface area contributed by atoms with Crippen LogP contribution in [-0.4, -0.2) is 43.7 Å². The number of rotatable bonds is 3. The summed E-state index contributed by atoms with van der Waals surface area (Å²) in [7, 11) is 1.37. The highest BCUT2D eigenvalue weighted by atomic mass is 16.5. The first-order valence-electron chi connectivity index (χ1n) is 4.30. The fraction of sp³-hybridized carbons (Fsp3) is 0.875. The Balaban J connectivity index is 2.24. The van der Waals surface area contributed by atoms with Crippen LogP contribution < -0.4 is 5.73 Å². The molecule has 12 heavy (non-hydrogen) atoms. The van der Waals surface area contributed by atoms with Crippen LogP contribution in [0.4, 0.5) is 0 Å². The smallest absolute Gasteiger partial charge is 0.323 e. The molecule has 1 saturated heterocycles. The molecular formula is C8H16N2O2. The van der Waals surface area contributed by atoms with Gasteiger partial charge in [-0.25, -0.2) is 0 Å². The Morgan fingerprint density at radius 1 is 1.58 bits per heavy atom. The first kappa shape index (κ1) is 9.48. The minimum atomic E-state index is -0.479. The zero-order chi connectivity index (χ0) is 8.97. The Labute approximate surface area is 72.7 Å². The highest BCUT2D eigenvalue weighted by Gasteiger charge is 2.19. The van der Waals surface area contributed by atoms with Gasteiger partial charge in [0.05, 0.1) is 7.11 Å². The van der Waals surface area contributed by atoms with Crippen LogP contribution in [0.1, 0.15) is 12.8 Å². The van der Waals surface area contributed by atoms with Gasteiger partial charge in [-0.15, -0.1) is 0 Å². The van der Waals surface area contributed by atoms with Crippen molar-refractivity contribution in [3.63, 3.8) is 0 Å². The van der Waals surface area contributed by atoms with E-state index in [9.17, 15) is 4.79 Å². The Bertz CT molecular complexity index is 155. The summed E-state index contributed by atoms with van der Waals surface area (Å²) in [6, 6.07) is -0.479. The summed E-state index contributed by atoms with van der Waals surface area (Å²) in [6.45, 7) is 2.75. The molecule has 1 heterocycles. The predicted molar refractivity (Wildman–Crippen MR) is 45.7 cm³/mol. The summed E-state index contributed by atoms with van der Waals surface area (Å²) in [5.74, 6) is -0.318. The van der Waals surface area contributed by atoms with Crippen LogP contribution in [0.15, 0.2) is 0 Å². The molecule has 0 amide bonds. The zero-order valence-corrected chi connectivity index (χ0v) is 7.45. The first-order chi connectivity index (χ1) is 5.74. The standard InChI is InChI=1S/C8H16N2O2/c1-12-8(11)7(9)6-10-4-2-3-5-10/h7H,2-6,9H2,1H3. The van der Waals surface area contributed by atoms with Gasteiger partial charge in [0.25, 0.3) is 0 Å². The fourth-order valence-corrected chi connectivity index (χ4v) is 1.47. The topological polar surface area (TPSA) is 55.6 Å². The lowest BCUT2D eigenvalue weighted by atomic mass is 10.3. The van der Waals surface area contributed by atoms with Gasteiger partial charge in [-0.05, 0) is 25.9 Å². The monoisotopic (exact) mass is 172 g/mol. The minimum Gasteiger partial charge on any atom is -0.468 e. The van der Waals surface area contributed by atoms with Crippen LogP contribution in [0.3, 0.4) is 0 Å². The Morgan fingerprint density at radius 2 is 2.17 bits per heavy atom. The van der Waals surface area contributed by atoms with Crippen molar-refractivity contribution in [2.24, 2.45) is 5.73 Å². The molecule has 1 aliphatic rings. The van der Waals surface area contributed by atoms with Gasteiger partial charge in [0.1, 0.15) is 6.04 Å². The molecule has 1 rings (SSSR count). The highest BCUT2D eigenvalue weighted by Crippen LogP contribution is 2.07. The van der Waals surface area contributed by atoms with Crippen molar-refractivity contribution in [2.75, 3.05) is 26.7 Å². The molecule has 1 fully saturated rings. The van der Waals surface area contributed by atoms with Crippen molar-refractivity contribution in [3.8, 4) is 0 Å². The lowest BCUT2D eigenvalue weighted by Gasteiger charge is -2.17. The Hall–Kier alpha value is -0.610. The number of carbonyl (C=O) groups excluding carboxylic acids is 1. The number of carbonyl (C=O) groups is 1. The van der Waals surface area contributed by atoms with Gasteiger partial charge in [0, 0.05) is 6.54 Å². The number of ether oxygens (including phenoxy) is 1. The second-order valence-corrected chi connectivity index (χ2v) is 3.14. The van der Waals surface area contributed by atoms with Crippen LogP contribution in [0.25, 0.3) is 0 Å². The van der Waals surface area contributed by atoms with Crippen LogP contribution >= 0.6 is 0 Å². The van der Waals surface area contributed by atoms with E-state index in [1.165, 1.54) is 20.0 Å². The van der Waals surface area contributed by atoms with E-state index in [0.717, 1.165) is 13.1 Å². The molecule has 1 atom stereocenters. The second-order valence-electron chi connectivity index (χ2n) is 3.14. The van der Waals surface area contributed by atoms with Crippen LogP contribution in [0, 0.1) is 0 Å². The third kappa shape index (κ3) is 2.46. The third-order valence-electron chi connectivity index (χ3n) is 2.16. The molecule has 0 aliphatic carbocycles. The van der Waals surface area contributed by atoms with Crippen molar-refractivity contribution in [2.45, 2.75) is 18.9 Å². The van der Waals surface area contributed by atoms with E-state index in [1.807, 2.05) is 0 Å². The van der Waals surface area contributed by atoms with E-state index >= 15 is 0 Å². The summed E-state index contributed by atoms with van der Waals surface area (Å²) in [5, 5.41) is 0. The number of likely N-dealkylation sites (tertiary alicyclic amines) is 1. The predicted octanol–water partition coefficient (Wildman–Crippen LogP) is -0.417. The van der Waals surface area contributed by atoms with Crippen molar-refractivity contribution >= 4 is 5.97 Å². The number of nitrogens with zero attached hydrogens (tertiary/aromatic N) is 1. The van der Waals surface area contributed by atoms with Gasteiger partial charge in [-0.3, -0.25) is 4.79 Å². The van der Waals surface area contributed by atoms with Gasteiger partial charge in [-0.2, -0.15) is 0 Å². The summed E-state index contributed by atoms with van der Waals surface area (Å²) in [4.78, 5) is 13.1. The molecule has 4 nitrogen and oxygen atoms in total. The van der Waals surface area contributed by atoms with E-state index in [-0.39, 0.29) is 5.97 Å². The molecule has 4 heteroatoms. The van der Waals surface area contributed by atoms with E-state index in [4.69, 9.17) is 5.73 Å². The molecule has 1 unspecified atom stereocenters. The number of methoxy groups -OCH3 is 1. The third-order valence-corrected chi connectivity index (χ3v) is 2.16.